The van der Waals surface area contributed by atoms with Crippen LogP contribution in [0.4, 0.5) is 11.4 Å². The van der Waals surface area contributed by atoms with Crippen molar-refractivity contribution in [3.05, 3.63) is 88.5 Å². The summed E-state index contributed by atoms with van der Waals surface area (Å²) in [6.07, 6.45) is 0. The molecule has 0 radical (unpaired) electrons. The summed E-state index contributed by atoms with van der Waals surface area (Å²) >= 11 is 0. The second kappa shape index (κ2) is 9.07. The standard InChI is InChI=1S/C29H28N2O5/c1-17-8-7-10-21(18(17)2)31-26(20-9-5-6-11-23(20)35-4)25(28(33)29(31)34)27(32)19-12-13-24-22(16-19)30(3)14-15-36-24/h5-13,16,26,32H,14-15H2,1-4H3/b27-25+. The fourth-order valence-corrected chi connectivity index (χ4v) is 4.92. The lowest BCUT2D eigenvalue weighted by atomic mass is 9.93. The zero-order valence-electron chi connectivity index (χ0n) is 20.7. The lowest BCUT2D eigenvalue weighted by Crippen LogP contribution is -2.30. The van der Waals surface area contributed by atoms with Crippen molar-refractivity contribution in [3.63, 3.8) is 0 Å². The highest BCUT2D eigenvalue weighted by Gasteiger charge is 2.48. The molecule has 7 heteroatoms. The number of amides is 1. The number of aliphatic hydroxyl groups is 1. The zero-order valence-corrected chi connectivity index (χ0v) is 20.7. The molecular weight excluding hydrogens is 456 g/mol. The van der Waals surface area contributed by atoms with Gasteiger partial charge in [0.2, 0.25) is 0 Å². The van der Waals surface area contributed by atoms with Crippen LogP contribution in [0.15, 0.2) is 66.2 Å². The molecular formula is C29H28N2O5. The maximum absolute atomic E-state index is 13.6. The van der Waals surface area contributed by atoms with Crippen molar-refractivity contribution < 1.29 is 24.2 Å². The van der Waals surface area contributed by atoms with Gasteiger partial charge in [-0.3, -0.25) is 14.5 Å². The van der Waals surface area contributed by atoms with E-state index in [1.165, 1.54) is 4.90 Å². The first kappa shape index (κ1) is 23.5. The molecule has 2 aliphatic heterocycles. The largest absolute Gasteiger partial charge is 0.507 e. The van der Waals surface area contributed by atoms with Gasteiger partial charge in [-0.25, -0.2) is 0 Å². The summed E-state index contributed by atoms with van der Waals surface area (Å²) in [7, 11) is 3.49. The van der Waals surface area contributed by atoms with Gasteiger partial charge in [-0.2, -0.15) is 0 Å². The van der Waals surface area contributed by atoms with E-state index < -0.39 is 17.7 Å². The topological polar surface area (TPSA) is 79.3 Å². The first-order chi connectivity index (χ1) is 17.3. The number of methoxy groups -OCH3 is 1. The number of likely N-dealkylation sites (N-methyl/N-ethyl adjacent to an activating group) is 1. The van der Waals surface area contributed by atoms with Crippen molar-refractivity contribution >= 4 is 28.8 Å². The lowest BCUT2D eigenvalue weighted by molar-refractivity contribution is -0.132. The van der Waals surface area contributed by atoms with Gasteiger partial charge in [-0.05, 0) is 55.3 Å². The number of aryl methyl sites for hydroxylation is 1. The second-order valence-corrected chi connectivity index (χ2v) is 9.08. The van der Waals surface area contributed by atoms with Crippen LogP contribution in [0.5, 0.6) is 11.5 Å². The Morgan fingerprint density at radius 1 is 1.03 bits per heavy atom. The van der Waals surface area contributed by atoms with Crippen LogP contribution >= 0.6 is 0 Å². The number of rotatable bonds is 4. The van der Waals surface area contributed by atoms with Crippen LogP contribution in [0.1, 0.15) is 28.3 Å². The van der Waals surface area contributed by atoms with E-state index in [0.29, 0.717) is 41.5 Å². The quantitative estimate of drug-likeness (QED) is 0.327. The first-order valence-electron chi connectivity index (χ1n) is 11.8. The number of carbonyl (C=O) groups excluding carboxylic acids is 2. The number of nitrogens with zero attached hydrogens (tertiary/aromatic N) is 2. The third-order valence-electron chi connectivity index (χ3n) is 7.04. The molecule has 5 rings (SSSR count). The van der Waals surface area contributed by atoms with Crippen LogP contribution in [0.25, 0.3) is 5.76 Å². The molecule has 1 amide bonds. The predicted molar refractivity (Wildman–Crippen MR) is 139 cm³/mol. The van der Waals surface area contributed by atoms with E-state index in [0.717, 1.165) is 16.8 Å². The Kier molecular flexibility index (Phi) is 5.92. The highest BCUT2D eigenvalue weighted by molar-refractivity contribution is 6.51. The summed E-state index contributed by atoms with van der Waals surface area (Å²) in [6.45, 7) is 5.15. The fourth-order valence-electron chi connectivity index (χ4n) is 4.92. The van der Waals surface area contributed by atoms with Gasteiger partial charge >= 0.3 is 0 Å². The average Bonchev–Trinajstić information content (AvgIpc) is 3.15. The molecule has 1 N–H and O–H groups in total. The number of hydrogen-bond acceptors (Lipinski definition) is 6. The van der Waals surface area contributed by atoms with E-state index in [9.17, 15) is 14.7 Å². The van der Waals surface area contributed by atoms with Crippen LogP contribution in [0.3, 0.4) is 0 Å². The number of Topliss-reactive ketones (excluding diaryl/α,β-unsaturated/α-hetero) is 1. The number of para-hydroxylation sites is 1. The minimum Gasteiger partial charge on any atom is -0.507 e. The molecule has 3 aromatic rings. The second-order valence-electron chi connectivity index (χ2n) is 9.08. The van der Waals surface area contributed by atoms with Crippen molar-refractivity contribution in [1.29, 1.82) is 0 Å². The number of ether oxygens (including phenoxy) is 2. The van der Waals surface area contributed by atoms with Crippen LogP contribution in [-0.2, 0) is 9.59 Å². The summed E-state index contributed by atoms with van der Waals surface area (Å²) in [5.74, 6) is -0.452. The highest BCUT2D eigenvalue weighted by Crippen LogP contribution is 2.46. The van der Waals surface area contributed by atoms with E-state index in [4.69, 9.17) is 9.47 Å². The summed E-state index contributed by atoms with van der Waals surface area (Å²) in [5, 5.41) is 11.6. The average molecular weight is 485 g/mol. The number of ketones is 1. The Morgan fingerprint density at radius 2 is 1.81 bits per heavy atom. The molecule has 3 aromatic carbocycles. The molecule has 2 aliphatic rings. The number of fused-ring (bicyclic) bond motifs is 1. The van der Waals surface area contributed by atoms with Crippen molar-refractivity contribution in [2.24, 2.45) is 0 Å². The molecule has 1 fully saturated rings. The molecule has 2 heterocycles. The SMILES string of the molecule is COc1ccccc1C1/C(=C(\O)c2ccc3c(c2)N(C)CCO3)C(=O)C(=O)N1c1cccc(C)c1C. The molecule has 7 nitrogen and oxygen atoms in total. The van der Waals surface area contributed by atoms with E-state index in [-0.39, 0.29) is 11.3 Å². The highest BCUT2D eigenvalue weighted by atomic mass is 16.5. The Balaban J connectivity index is 1.75. The van der Waals surface area contributed by atoms with Gasteiger partial charge in [0, 0.05) is 23.9 Å². The third-order valence-corrected chi connectivity index (χ3v) is 7.04. The Labute approximate surface area is 210 Å². The molecule has 0 aromatic heterocycles. The van der Waals surface area contributed by atoms with Gasteiger partial charge in [0.15, 0.2) is 0 Å². The zero-order chi connectivity index (χ0) is 25.6. The molecule has 1 saturated heterocycles. The summed E-state index contributed by atoms with van der Waals surface area (Å²) in [5.41, 5.74) is 4.36. The maximum Gasteiger partial charge on any atom is 0.300 e. The third kappa shape index (κ3) is 3.68. The molecule has 36 heavy (non-hydrogen) atoms. The molecule has 0 spiro atoms. The molecule has 0 bridgehead atoms. The van der Waals surface area contributed by atoms with E-state index >= 15 is 0 Å². The molecule has 0 saturated carbocycles. The Bertz CT molecular complexity index is 1410. The van der Waals surface area contributed by atoms with Gasteiger partial charge in [0.05, 0.1) is 31.0 Å². The fraction of sp³-hybridized carbons (Fsp3) is 0.241. The van der Waals surface area contributed by atoms with Crippen molar-refractivity contribution in [1.82, 2.24) is 0 Å². The first-order valence-corrected chi connectivity index (χ1v) is 11.8. The van der Waals surface area contributed by atoms with Gasteiger partial charge in [-0.15, -0.1) is 0 Å². The van der Waals surface area contributed by atoms with Crippen molar-refractivity contribution in [3.8, 4) is 11.5 Å². The Hall–Kier alpha value is -4.26. The van der Waals surface area contributed by atoms with Gasteiger partial charge in [-0.1, -0.05) is 30.3 Å². The van der Waals surface area contributed by atoms with Gasteiger partial charge in [0.25, 0.3) is 11.7 Å². The minimum atomic E-state index is -0.869. The number of carbonyl (C=O) groups is 2. The molecule has 184 valence electrons. The normalized spacial score (nSPS) is 18.7. The number of hydrogen-bond donors (Lipinski definition) is 1. The molecule has 0 aliphatic carbocycles. The summed E-state index contributed by atoms with van der Waals surface area (Å²) in [4.78, 5) is 30.6. The smallest absolute Gasteiger partial charge is 0.300 e. The number of benzene rings is 3. The van der Waals surface area contributed by atoms with Gasteiger partial charge in [0.1, 0.15) is 23.9 Å². The molecule has 1 unspecified atom stereocenters. The maximum atomic E-state index is 13.6. The van der Waals surface area contributed by atoms with Crippen LogP contribution in [0, 0.1) is 13.8 Å². The summed E-state index contributed by atoms with van der Waals surface area (Å²) < 4.78 is 11.3. The van der Waals surface area contributed by atoms with Crippen molar-refractivity contribution in [2.75, 3.05) is 37.1 Å². The van der Waals surface area contributed by atoms with E-state index in [1.807, 2.05) is 62.2 Å². The van der Waals surface area contributed by atoms with E-state index in [2.05, 4.69) is 0 Å². The van der Waals surface area contributed by atoms with Crippen molar-refractivity contribution in [2.45, 2.75) is 19.9 Å². The number of aliphatic hydroxyl groups excluding tert-OH is 1. The Morgan fingerprint density at radius 3 is 2.58 bits per heavy atom. The van der Waals surface area contributed by atoms with E-state index in [1.54, 1.807) is 31.4 Å². The lowest BCUT2D eigenvalue weighted by Gasteiger charge is -2.29. The monoisotopic (exact) mass is 484 g/mol. The van der Waals surface area contributed by atoms with Crippen LogP contribution in [0.2, 0.25) is 0 Å². The minimum absolute atomic E-state index is 0.0183. The number of anilines is 2. The van der Waals surface area contributed by atoms with Crippen LogP contribution in [-0.4, -0.2) is 44.1 Å². The van der Waals surface area contributed by atoms with Gasteiger partial charge < -0.3 is 19.5 Å². The molecule has 1 atom stereocenters. The predicted octanol–water partition coefficient (Wildman–Crippen LogP) is 4.77. The van der Waals surface area contributed by atoms with Crippen LogP contribution < -0.4 is 19.3 Å². The summed E-state index contributed by atoms with van der Waals surface area (Å²) in [6, 6.07) is 17.3.